The summed E-state index contributed by atoms with van der Waals surface area (Å²) < 4.78 is 182. The number of methoxy groups -OCH3 is 1. The molecular weight excluding hydrogens is 1120 g/mol. The van der Waals surface area contributed by atoms with Crippen LogP contribution in [-0.2, 0) is 42.1 Å². The number of hydrazine groups is 1. The van der Waals surface area contributed by atoms with Gasteiger partial charge in [0.15, 0.2) is 6.10 Å². The highest BCUT2D eigenvalue weighted by molar-refractivity contribution is 7.88. The number of piperazine rings is 1. The molecule has 6 rings (SSSR count). The lowest BCUT2D eigenvalue weighted by Gasteiger charge is -2.40. The van der Waals surface area contributed by atoms with E-state index in [9.17, 15) is 67.8 Å². The van der Waals surface area contributed by atoms with Crippen molar-refractivity contribution in [2.24, 2.45) is 10.8 Å². The predicted molar refractivity (Wildman–Crippen MR) is 270 cm³/mol. The van der Waals surface area contributed by atoms with Gasteiger partial charge < -0.3 is 35.4 Å². The highest BCUT2D eigenvalue weighted by atomic mass is 32.2. The minimum absolute atomic E-state index is 0.183. The number of nitrogens with zero attached hydrogens (tertiary/aromatic N) is 6. The van der Waals surface area contributed by atoms with E-state index in [1.165, 1.54) is 36.7 Å². The molecule has 0 saturated carbocycles. The Kier molecular flexibility index (Phi) is 19.3. The van der Waals surface area contributed by atoms with Crippen LogP contribution in [0.25, 0.3) is 11.1 Å². The van der Waals surface area contributed by atoms with Crippen LogP contribution in [0.1, 0.15) is 69.3 Å². The Hall–Kier alpha value is -7.23. The Balaban J connectivity index is 1.33. The number of fused-ring (bicyclic) bond motifs is 2. The second-order valence-corrected chi connectivity index (χ2v) is 22.3. The zero-order chi connectivity index (χ0) is 60.2. The van der Waals surface area contributed by atoms with Gasteiger partial charge in [0.2, 0.25) is 15.9 Å². The lowest BCUT2D eigenvalue weighted by molar-refractivity contribution is -0.239. The van der Waals surface area contributed by atoms with Gasteiger partial charge in [-0.2, -0.15) is 44.5 Å². The molecule has 2 aromatic carbocycles. The van der Waals surface area contributed by atoms with Crippen LogP contribution in [0.5, 0.6) is 0 Å². The van der Waals surface area contributed by atoms with Gasteiger partial charge in [0.25, 0.3) is 5.91 Å². The number of aromatic nitrogens is 3. The molecule has 19 nitrogen and oxygen atoms in total. The summed E-state index contributed by atoms with van der Waals surface area (Å²) in [6, 6.07) is 6.04. The Morgan fingerprint density at radius 2 is 1.41 bits per heavy atom. The number of alkyl carbamates (subject to hydrolysis) is 2. The number of ether oxygens (including phenoxy) is 2. The van der Waals surface area contributed by atoms with Crippen molar-refractivity contribution in [3.63, 3.8) is 0 Å². The lowest BCUT2D eigenvalue weighted by atomic mass is 9.82. The number of aliphatic hydroxyl groups excluding tert-OH is 1. The quantitative estimate of drug-likeness (QED) is 0.0402. The average molecular weight is 1180 g/mol. The van der Waals surface area contributed by atoms with Crippen molar-refractivity contribution in [3.05, 3.63) is 101 Å². The molecule has 2 aliphatic rings. The maximum Gasteiger partial charge on any atom is 0.407 e. The first-order valence-electron chi connectivity index (χ1n) is 24.7. The summed E-state index contributed by atoms with van der Waals surface area (Å²) >= 11 is 0. The fraction of sp³-hybridized carbons (Fsp3) is 0.490. The molecule has 5 N–H and O–H groups in total. The number of anilines is 1. The summed E-state index contributed by atoms with van der Waals surface area (Å²) in [5.74, 6) is 0.322. The van der Waals surface area contributed by atoms with E-state index in [0.29, 0.717) is 74.9 Å². The van der Waals surface area contributed by atoms with Crippen LogP contribution >= 0.6 is 0 Å². The largest absolute Gasteiger partial charge is 0.453 e. The van der Waals surface area contributed by atoms with Crippen molar-refractivity contribution in [3.8, 4) is 23.0 Å². The van der Waals surface area contributed by atoms with Gasteiger partial charge in [-0.1, -0.05) is 24.0 Å². The summed E-state index contributed by atoms with van der Waals surface area (Å²) in [5, 5.41) is 21.9. The van der Waals surface area contributed by atoms with Crippen LogP contribution in [0.15, 0.2) is 67.1 Å². The molecule has 4 heterocycles. The van der Waals surface area contributed by atoms with Crippen LogP contribution in [0.4, 0.5) is 59.3 Å². The average Bonchev–Trinajstić information content (AvgIpc) is 4.02. The number of amides is 4. The summed E-state index contributed by atoms with van der Waals surface area (Å²) in [6.45, 7) is -2.41. The minimum atomic E-state index is -5.28. The summed E-state index contributed by atoms with van der Waals surface area (Å²) in [7, 11) is -1.62. The van der Waals surface area contributed by atoms with Gasteiger partial charge in [-0.25, -0.2) is 41.5 Å². The van der Waals surface area contributed by atoms with E-state index in [4.69, 9.17) is 4.74 Å². The Morgan fingerprint density at radius 1 is 0.827 bits per heavy atom. The number of nitrogens with one attached hydrogen (secondary N) is 4. The maximum atomic E-state index is 16.0. The third-order valence-corrected chi connectivity index (χ3v) is 15.3. The van der Waals surface area contributed by atoms with E-state index >= 15 is 8.78 Å². The van der Waals surface area contributed by atoms with Crippen LogP contribution < -0.4 is 26.3 Å². The van der Waals surface area contributed by atoms with Crippen LogP contribution in [-0.4, -0.2) is 150 Å². The molecule has 0 unspecified atom stereocenters. The Labute approximate surface area is 458 Å². The van der Waals surface area contributed by atoms with E-state index in [1.807, 2.05) is 21.0 Å². The number of carbonyl (C=O) groups is 4. The Morgan fingerprint density at radius 3 is 1.91 bits per heavy atom. The van der Waals surface area contributed by atoms with Crippen LogP contribution in [0, 0.1) is 34.3 Å². The molecule has 30 heteroatoms. The number of aliphatic hydroxyl groups is 1. The van der Waals surface area contributed by atoms with Gasteiger partial charge in [-0.15, -0.1) is 0 Å². The van der Waals surface area contributed by atoms with Crippen molar-refractivity contribution in [1.29, 1.82) is 0 Å². The zero-order valence-corrected chi connectivity index (χ0v) is 45.2. The van der Waals surface area contributed by atoms with Gasteiger partial charge in [0.05, 0.1) is 37.1 Å². The molecule has 2 fully saturated rings. The third kappa shape index (κ3) is 15.0. The van der Waals surface area contributed by atoms with Crippen molar-refractivity contribution < 1.29 is 86.1 Å². The molecule has 4 aromatic rings. The number of halogens is 10. The van der Waals surface area contributed by atoms with E-state index in [0.717, 1.165) is 39.4 Å². The van der Waals surface area contributed by atoms with Gasteiger partial charge in [0, 0.05) is 80.0 Å². The number of sulfonamides is 1. The fourth-order valence-corrected chi connectivity index (χ4v) is 10.5. The second kappa shape index (κ2) is 24.9. The third-order valence-electron chi connectivity index (χ3n) is 13.9. The topological polar surface area (TPSA) is 230 Å². The minimum Gasteiger partial charge on any atom is -0.453 e. The number of benzene rings is 2. The van der Waals surface area contributed by atoms with Crippen molar-refractivity contribution in [2.45, 2.75) is 109 Å². The van der Waals surface area contributed by atoms with Crippen LogP contribution in [0.2, 0.25) is 0 Å². The molecule has 0 spiro atoms. The van der Waals surface area contributed by atoms with Gasteiger partial charge in [-0.3, -0.25) is 15.0 Å². The number of hydrogen-bond acceptors (Lipinski definition) is 13. The SMILES string of the molecule is CNC(=O)O[C@H](C(=O)NN(Cc1c(F)cc(-c2cnn(C(F)F)c2)cc1F)C[C@H](O)[C@H](Cc1ccc(C#Cc2ccc(N3C[C@@H]4CC[C@@H](C3)N4S(C)(=O)=O)nc2)cc1)NC(=O)[C@@H](NC(=O)OC)C(C)(C)C(F)(F)F)C(C)(C)C(F)(F)F. The molecule has 2 saturated heterocycles. The Bertz CT molecular complexity index is 3060. The van der Waals surface area contributed by atoms with Crippen molar-refractivity contribution in [1.82, 2.24) is 45.5 Å². The van der Waals surface area contributed by atoms with E-state index in [-0.39, 0.29) is 33.5 Å². The van der Waals surface area contributed by atoms with E-state index < -0.39 is 125 Å². The summed E-state index contributed by atoms with van der Waals surface area (Å²) in [6.07, 6.45) is -13.1. The molecule has 442 valence electrons. The molecule has 2 aliphatic heterocycles. The normalized spacial score (nSPS) is 17.6. The smallest absolute Gasteiger partial charge is 0.407 e. The van der Waals surface area contributed by atoms with E-state index in [1.54, 1.807) is 16.4 Å². The number of rotatable bonds is 19. The first kappa shape index (κ1) is 63.0. The van der Waals surface area contributed by atoms with E-state index in [2.05, 4.69) is 32.0 Å². The molecule has 2 aromatic heterocycles. The number of pyridine rings is 1. The molecule has 2 bridgehead atoms. The molecule has 81 heavy (non-hydrogen) atoms. The monoisotopic (exact) mass is 1180 g/mol. The fourth-order valence-electron chi connectivity index (χ4n) is 9.09. The highest BCUT2D eigenvalue weighted by Crippen LogP contribution is 2.43. The first-order chi connectivity index (χ1) is 37.6. The molecule has 0 radical (unpaired) electrons. The molecular formula is C51H58F10N10O9S. The van der Waals surface area contributed by atoms with Gasteiger partial charge in [-0.05, 0) is 94.5 Å². The molecule has 4 amide bonds. The maximum absolute atomic E-state index is 16.0. The second-order valence-electron chi connectivity index (χ2n) is 20.4. The number of carbonyl (C=O) groups excluding carboxylic acids is 4. The lowest BCUT2D eigenvalue weighted by Crippen LogP contribution is -2.62. The number of hydrogen-bond donors (Lipinski definition) is 5. The number of alkyl halides is 8. The standard InChI is InChI=1S/C51H58F10N10O9S/c1-48(2,50(56,57)58)41(66-47(76)79-6)43(73)65-38(18-29-11-8-28(9-12-29)10-13-30-14-17-40(63-21-30)68-24-33-15-16-34(25-68)71(33)81(7,77)78)39(72)27-69(67-44(74)42(80-46(75)62-5)49(3,4)51(59,60)61)26-35-36(52)19-31(20-37(35)53)32-22-64-70(23-32)45(54)55/h8-9,11-12,14,17,19-23,33-34,38-39,41-42,45,72H,15-16,18,24-27H2,1-7H3,(H,62,75)(H,65,73)(H,66,76)(H,67,74)/t33-,34-,38-,39-,41+,42+/m0/s1. The predicted octanol–water partition coefficient (Wildman–Crippen LogP) is 6.18. The van der Waals surface area contributed by atoms with Crippen LogP contribution in [0.3, 0.4) is 0 Å². The van der Waals surface area contributed by atoms with Crippen molar-refractivity contribution >= 4 is 39.8 Å². The molecule has 6 atom stereocenters. The summed E-state index contributed by atoms with van der Waals surface area (Å²) in [4.78, 5) is 59.3. The van der Waals surface area contributed by atoms with Gasteiger partial charge in [0.1, 0.15) is 28.9 Å². The highest BCUT2D eigenvalue weighted by Gasteiger charge is 2.58. The first-order valence-corrected chi connectivity index (χ1v) is 26.5. The van der Waals surface area contributed by atoms with Gasteiger partial charge >= 0.3 is 31.1 Å². The van der Waals surface area contributed by atoms with Crippen molar-refractivity contribution in [2.75, 3.05) is 44.9 Å². The summed E-state index contributed by atoms with van der Waals surface area (Å²) in [5.41, 5.74) is -4.62. The molecule has 0 aliphatic carbocycles. The zero-order valence-electron chi connectivity index (χ0n) is 44.4.